The van der Waals surface area contributed by atoms with E-state index in [0.717, 1.165) is 12.3 Å². The predicted octanol–water partition coefficient (Wildman–Crippen LogP) is 3.17. The number of piperidine rings is 1. The second-order valence-electron chi connectivity index (χ2n) is 6.78. The van der Waals surface area contributed by atoms with Gasteiger partial charge in [-0.05, 0) is 70.6 Å². The van der Waals surface area contributed by atoms with Crippen LogP contribution in [0.3, 0.4) is 0 Å². The Morgan fingerprint density at radius 3 is 2.60 bits per heavy atom. The molecule has 114 valence electrons. The van der Waals surface area contributed by atoms with Crippen LogP contribution < -0.4 is 5.32 Å². The molecule has 0 spiro atoms. The Kier molecular flexibility index (Phi) is 5.86. The molecule has 1 saturated carbocycles. The molecule has 1 saturated heterocycles. The molecule has 0 radical (unpaired) electrons. The van der Waals surface area contributed by atoms with Gasteiger partial charge in [0.2, 0.25) is 0 Å². The summed E-state index contributed by atoms with van der Waals surface area (Å²) >= 11 is 0. The minimum Gasteiger partial charge on any atom is -0.303 e. The third-order valence-corrected chi connectivity index (χ3v) is 5.66. The van der Waals surface area contributed by atoms with Gasteiger partial charge in [0, 0.05) is 0 Å². The number of hydrogen-bond donors (Lipinski definition) is 1. The fourth-order valence-electron chi connectivity index (χ4n) is 4.25. The Hall–Kier alpha value is -0.590. The minimum atomic E-state index is -0.236. The standard InChI is InChI=1S/C17H31N3/c1-3-5-15-7-11-20(12-8-15)13-9-16-6-4-10-17(16,14-18)19-2/h15-16,19H,3-13H2,1-2H3. The second-order valence-corrected chi connectivity index (χ2v) is 6.78. The van der Waals surface area contributed by atoms with Crippen molar-refractivity contribution in [1.82, 2.24) is 10.2 Å². The van der Waals surface area contributed by atoms with Gasteiger partial charge < -0.3 is 10.2 Å². The van der Waals surface area contributed by atoms with E-state index in [2.05, 4.69) is 23.2 Å². The van der Waals surface area contributed by atoms with E-state index in [4.69, 9.17) is 0 Å². The average Bonchev–Trinajstić information content (AvgIpc) is 2.90. The third kappa shape index (κ3) is 3.54. The van der Waals surface area contributed by atoms with Crippen LogP contribution in [0.4, 0.5) is 0 Å². The summed E-state index contributed by atoms with van der Waals surface area (Å²) < 4.78 is 0. The summed E-state index contributed by atoms with van der Waals surface area (Å²) in [4.78, 5) is 2.63. The van der Waals surface area contributed by atoms with E-state index in [0.29, 0.717) is 5.92 Å². The number of nitrogens with zero attached hydrogens (tertiary/aromatic N) is 2. The first-order chi connectivity index (χ1) is 9.74. The topological polar surface area (TPSA) is 39.1 Å². The molecule has 0 aromatic carbocycles. The highest BCUT2D eigenvalue weighted by atomic mass is 15.1. The molecule has 3 heteroatoms. The number of nitriles is 1. The van der Waals surface area contributed by atoms with Gasteiger partial charge in [0.15, 0.2) is 0 Å². The number of likely N-dealkylation sites (tertiary alicyclic amines) is 1. The van der Waals surface area contributed by atoms with E-state index < -0.39 is 0 Å². The fraction of sp³-hybridized carbons (Fsp3) is 0.941. The first kappa shape index (κ1) is 15.8. The summed E-state index contributed by atoms with van der Waals surface area (Å²) in [5.74, 6) is 1.52. The molecule has 2 rings (SSSR count). The van der Waals surface area contributed by atoms with Gasteiger partial charge in [-0.2, -0.15) is 5.26 Å². The quantitative estimate of drug-likeness (QED) is 0.810. The van der Waals surface area contributed by atoms with Crippen LogP contribution in [0.15, 0.2) is 0 Å². The minimum absolute atomic E-state index is 0.236. The second kappa shape index (κ2) is 7.43. The van der Waals surface area contributed by atoms with E-state index in [1.807, 2.05) is 7.05 Å². The van der Waals surface area contributed by atoms with E-state index in [1.54, 1.807) is 0 Å². The van der Waals surface area contributed by atoms with Gasteiger partial charge in [0.05, 0.1) is 6.07 Å². The lowest BCUT2D eigenvalue weighted by molar-refractivity contribution is 0.161. The first-order valence-electron chi connectivity index (χ1n) is 8.56. The lowest BCUT2D eigenvalue weighted by Crippen LogP contribution is -2.46. The Balaban J connectivity index is 1.75. The highest BCUT2D eigenvalue weighted by Crippen LogP contribution is 2.37. The van der Waals surface area contributed by atoms with Crippen molar-refractivity contribution in [2.75, 3.05) is 26.7 Å². The van der Waals surface area contributed by atoms with Gasteiger partial charge in [-0.25, -0.2) is 0 Å². The lowest BCUT2D eigenvalue weighted by Gasteiger charge is -2.34. The Morgan fingerprint density at radius 2 is 2.00 bits per heavy atom. The van der Waals surface area contributed by atoms with Crippen molar-refractivity contribution < 1.29 is 0 Å². The maximum absolute atomic E-state index is 9.49. The zero-order valence-electron chi connectivity index (χ0n) is 13.3. The molecule has 1 N–H and O–H groups in total. The molecule has 0 bridgehead atoms. The highest BCUT2D eigenvalue weighted by molar-refractivity contribution is 5.13. The predicted molar refractivity (Wildman–Crippen MR) is 83.4 cm³/mol. The molecular formula is C17H31N3. The monoisotopic (exact) mass is 277 g/mol. The summed E-state index contributed by atoms with van der Waals surface area (Å²) in [6.07, 6.45) is 10.2. The van der Waals surface area contributed by atoms with Crippen LogP contribution in [-0.2, 0) is 0 Å². The maximum Gasteiger partial charge on any atom is 0.109 e. The van der Waals surface area contributed by atoms with Crippen LogP contribution in [0.25, 0.3) is 0 Å². The molecule has 1 aliphatic heterocycles. The van der Waals surface area contributed by atoms with Crippen LogP contribution in [0.5, 0.6) is 0 Å². The summed E-state index contributed by atoms with van der Waals surface area (Å²) in [5.41, 5.74) is -0.236. The molecule has 2 unspecified atom stereocenters. The smallest absolute Gasteiger partial charge is 0.109 e. The molecule has 0 amide bonds. The van der Waals surface area contributed by atoms with Crippen molar-refractivity contribution >= 4 is 0 Å². The van der Waals surface area contributed by atoms with Gasteiger partial charge >= 0.3 is 0 Å². The van der Waals surface area contributed by atoms with Crippen molar-refractivity contribution in [1.29, 1.82) is 5.26 Å². The van der Waals surface area contributed by atoms with Crippen LogP contribution in [0.2, 0.25) is 0 Å². The van der Waals surface area contributed by atoms with Gasteiger partial charge in [-0.1, -0.05) is 26.2 Å². The van der Waals surface area contributed by atoms with Crippen molar-refractivity contribution in [2.24, 2.45) is 11.8 Å². The van der Waals surface area contributed by atoms with Crippen LogP contribution in [-0.4, -0.2) is 37.1 Å². The molecule has 2 atom stereocenters. The van der Waals surface area contributed by atoms with Crippen molar-refractivity contribution in [2.45, 2.75) is 63.8 Å². The largest absolute Gasteiger partial charge is 0.303 e. The van der Waals surface area contributed by atoms with E-state index in [1.165, 1.54) is 64.6 Å². The molecule has 2 aliphatic rings. The Labute approximate surface area is 124 Å². The number of hydrogen-bond acceptors (Lipinski definition) is 3. The normalized spacial score (nSPS) is 32.4. The number of rotatable bonds is 6. The van der Waals surface area contributed by atoms with Gasteiger partial charge in [-0.15, -0.1) is 0 Å². The SMILES string of the molecule is CCCC1CCN(CCC2CCCC2(C#N)NC)CC1. The average molecular weight is 277 g/mol. The summed E-state index contributed by atoms with van der Waals surface area (Å²) in [6, 6.07) is 2.56. The fourth-order valence-corrected chi connectivity index (χ4v) is 4.25. The van der Waals surface area contributed by atoms with E-state index >= 15 is 0 Å². The van der Waals surface area contributed by atoms with Crippen molar-refractivity contribution in [3.8, 4) is 6.07 Å². The zero-order chi connectivity index (χ0) is 14.4. The van der Waals surface area contributed by atoms with Gasteiger partial charge in [0.25, 0.3) is 0 Å². The lowest BCUT2D eigenvalue weighted by atomic mass is 9.85. The molecule has 1 aliphatic carbocycles. The van der Waals surface area contributed by atoms with Crippen LogP contribution in [0, 0.1) is 23.2 Å². The maximum atomic E-state index is 9.49. The van der Waals surface area contributed by atoms with Crippen molar-refractivity contribution in [3.63, 3.8) is 0 Å². The summed E-state index contributed by atoms with van der Waals surface area (Å²) in [7, 11) is 1.96. The van der Waals surface area contributed by atoms with Crippen LogP contribution in [0.1, 0.15) is 58.3 Å². The zero-order valence-corrected chi connectivity index (χ0v) is 13.3. The Morgan fingerprint density at radius 1 is 1.25 bits per heavy atom. The molecule has 1 heterocycles. The van der Waals surface area contributed by atoms with E-state index in [9.17, 15) is 5.26 Å². The molecule has 0 aromatic rings. The summed E-state index contributed by atoms with van der Waals surface area (Å²) in [6.45, 7) is 6.04. The van der Waals surface area contributed by atoms with E-state index in [-0.39, 0.29) is 5.54 Å². The molecule has 0 aromatic heterocycles. The van der Waals surface area contributed by atoms with Gasteiger partial charge in [-0.3, -0.25) is 0 Å². The third-order valence-electron chi connectivity index (χ3n) is 5.66. The van der Waals surface area contributed by atoms with Gasteiger partial charge in [0.1, 0.15) is 5.54 Å². The van der Waals surface area contributed by atoms with Crippen molar-refractivity contribution in [3.05, 3.63) is 0 Å². The molecule has 20 heavy (non-hydrogen) atoms. The Bertz CT molecular complexity index is 328. The molecule has 3 nitrogen and oxygen atoms in total. The summed E-state index contributed by atoms with van der Waals surface area (Å²) in [5, 5.41) is 12.8. The molecular weight excluding hydrogens is 246 g/mol. The first-order valence-corrected chi connectivity index (χ1v) is 8.56. The molecule has 2 fully saturated rings. The number of nitrogens with one attached hydrogen (secondary N) is 1. The highest BCUT2D eigenvalue weighted by Gasteiger charge is 2.41. The van der Waals surface area contributed by atoms with Crippen LogP contribution >= 0.6 is 0 Å².